The molecule has 4 rings (SSSR count). The van der Waals surface area contributed by atoms with Crippen molar-refractivity contribution in [1.82, 2.24) is 0 Å². The Bertz CT molecular complexity index is 1190. The highest BCUT2D eigenvalue weighted by atomic mass is 16.7. The zero-order chi connectivity index (χ0) is 24.6. The highest BCUT2D eigenvalue weighted by Gasteiger charge is 2.80. The first-order valence-electron chi connectivity index (χ1n) is 11.5. The minimum Gasteiger partial charge on any atom is -0.443 e. The lowest BCUT2D eigenvalue weighted by molar-refractivity contribution is -0.292. The van der Waals surface area contributed by atoms with Gasteiger partial charge >= 0.3 is 0 Å². The lowest BCUT2D eigenvalue weighted by Gasteiger charge is -2.49. The van der Waals surface area contributed by atoms with Crippen LogP contribution in [0.25, 0.3) is 0 Å². The van der Waals surface area contributed by atoms with Crippen LogP contribution in [0.15, 0.2) is 54.6 Å². The predicted octanol–water partition coefficient (Wildman–Crippen LogP) is 5.03. The number of nitrogens with one attached hydrogen (secondary N) is 1. The van der Waals surface area contributed by atoms with Crippen molar-refractivity contribution in [3.63, 3.8) is 0 Å². The average molecular weight is 454 g/mol. The number of hydrogen-bond acceptors (Lipinski definition) is 7. The van der Waals surface area contributed by atoms with E-state index in [1.807, 2.05) is 61.5 Å². The molecule has 0 spiro atoms. The third kappa shape index (κ3) is 2.79. The van der Waals surface area contributed by atoms with Crippen LogP contribution in [-0.4, -0.2) is 19.0 Å². The van der Waals surface area contributed by atoms with E-state index in [0.717, 1.165) is 18.8 Å². The molecule has 1 N–H and O–H groups in total. The fourth-order valence-electron chi connectivity index (χ4n) is 5.65. The molecule has 0 saturated carbocycles. The summed E-state index contributed by atoms with van der Waals surface area (Å²) in [4.78, 5) is 2.19. The fraction of sp³-hybridized carbons (Fsp3) is 0.407. The van der Waals surface area contributed by atoms with E-state index in [0.29, 0.717) is 17.5 Å². The number of rotatable bonds is 6. The van der Waals surface area contributed by atoms with Gasteiger partial charge < -0.3 is 14.4 Å². The van der Waals surface area contributed by atoms with Crippen LogP contribution >= 0.6 is 0 Å². The molecule has 4 unspecified atom stereocenters. The summed E-state index contributed by atoms with van der Waals surface area (Å²) in [5.74, 6) is -2.57. The number of anilines is 1. The van der Waals surface area contributed by atoms with E-state index < -0.39 is 34.5 Å². The molecule has 7 nitrogen and oxygen atoms in total. The van der Waals surface area contributed by atoms with Gasteiger partial charge in [-0.1, -0.05) is 49.4 Å². The van der Waals surface area contributed by atoms with Crippen molar-refractivity contribution in [2.75, 3.05) is 18.0 Å². The Morgan fingerprint density at radius 2 is 1.53 bits per heavy atom. The summed E-state index contributed by atoms with van der Waals surface area (Å²) in [5, 5.41) is 40.1. The number of benzene rings is 2. The van der Waals surface area contributed by atoms with Crippen LogP contribution in [0.3, 0.4) is 0 Å². The van der Waals surface area contributed by atoms with Gasteiger partial charge in [0.25, 0.3) is 0 Å². The maximum atomic E-state index is 10.5. The molecule has 34 heavy (non-hydrogen) atoms. The van der Waals surface area contributed by atoms with Gasteiger partial charge in [0.05, 0.1) is 24.1 Å². The highest BCUT2D eigenvalue weighted by Crippen LogP contribution is 2.69. The molecule has 2 aromatic carbocycles. The normalized spacial score (nSPS) is 28.8. The van der Waals surface area contributed by atoms with Crippen molar-refractivity contribution in [3.05, 3.63) is 65.7 Å². The largest absolute Gasteiger partial charge is 0.443 e. The van der Waals surface area contributed by atoms with Gasteiger partial charge in [-0.15, -0.1) is 0 Å². The third-order valence-electron chi connectivity index (χ3n) is 7.34. The summed E-state index contributed by atoms with van der Waals surface area (Å²) >= 11 is 0. The summed E-state index contributed by atoms with van der Waals surface area (Å²) in [7, 11) is 0. The van der Waals surface area contributed by atoms with Gasteiger partial charge in [0.2, 0.25) is 17.1 Å². The lowest BCUT2D eigenvalue weighted by Crippen LogP contribution is -2.58. The molecule has 7 heteroatoms. The van der Waals surface area contributed by atoms with E-state index in [-0.39, 0.29) is 0 Å². The van der Waals surface area contributed by atoms with Crippen LogP contribution < -0.4 is 4.90 Å². The predicted molar refractivity (Wildman–Crippen MR) is 126 cm³/mol. The molecule has 2 aromatic rings. The van der Waals surface area contributed by atoms with Crippen molar-refractivity contribution in [1.29, 1.82) is 21.2 Å². The molecule has 2 aliphatic heterocycles. The van der Waals surface area contributed by atoms with E-state index in [9.17, 15) is 15.8 Å². The van der Waals surface area contributed by atoms with Crippen LogP contribution in [0.1, 0.15) is 44.4 Å². The van der Waals surface area contributed by atoms with Gasteiger partial charge in [-0.05, 0) is 38.0 Å². The number of nitrogens with zero attached hydrogens (tertiary/aromatic N) is 4. The van der Waals surface area contributed by atoms with Gasteiger partial charge in [0.1, 0.15) is 6.10 Å². The van der Waals surface area contributed by atoms with Gasteiger partial charge in [-0.2, -0.15) is 15.8 Å². The maximum absolute atomic E-state index is 10.5. The summed E-state index contributed by atoms with van der Waals surface area (Å²) in [6.07, 6.45) is -0.720. The molecule has 0 aliphatic carbocycles. The smallest absolute Gasteiger partial charge is 0.244 e. The number of nitriles is 3. The molecule has 2 aliphatic rings. The van der Waals surface area contributed by atoms with Crippen molar-refractivity contribution in [3.8, 4) is 18.2 Å². The van der Waals surface area contributed by atoms with Gasteiger partial charge in [0, 0.05) is 24.3 Å². The van der Waals surface area contributed by atoms with Crippen molar-refractivity contribution >= 4 is 11.6 Å². The van der Waals surface area contributed by atoms with Gasteiger partial charge in [-0.25, -0.2) is 0 Å². The first kappa shape index (κ1) is 23.3. The zero-order valence-corrected chi connectivity index (χ0v) is 19.6. The molecule has 2 heterocycles. The van der Waals surface area contributed by atoms with Crippen LogP contribution in [0.2, 0.25) is 0 Å². The molecule has 0 aromatic heterocycles. The fourth-order valence-corrected chi connectivity index (χ4v) is 5.65. The van der Waals surface area contributed by atoms with E-state index >= 15 is 0 Å². The second-order valence-electron chi connectivity index (χ2n) is 8.64. The topological polar surface area (TPSA) is 117 Å². The monoisotopic (exact) mass is 453 g/mol. The number of ether oxygens (including phenoxy) is 2. The van der Waals surface area contributed by atoms with E-state index in [4.69, 9.17) is 14.9 Å². The second kappa shape index (κ2) is 8.49. The molecule has 2 bridgehead atoms. The van der Waals surface area contributed by atoms with Gasteiger partial charge in [0.15, 0.2) is 5.41 Å². The van der Waals surface area contributed by atoms with E-state index in [2.05, 4.69) is 37.0 Å². The SMILES string of the molecule is CCC1C2(c3ccccc3)OC(=N)C1(C#N)C(C#N)(C#N)C(c1ccc(N(CC)CC)cc1)O2. The Labute approximate surface area is 200 Å². The minimum atomic E-state index is -1.97. The highest BCUT2D eigenvalue weighted by molar-refractivity contribution is 5.89. The molecule has 2 fully saturated rings. The third-order valence-corrected chi connectivity index (χ3v) is 7.34. The Balaban J connectivity index is 1.96. The molecular formula is C27H27N5O2. The van der Waals surface area contributed by atoms with Crippen molar-refractivity contribution in [2.45, 2.75) is 39.1 Å². The standard InChI is InChI=1S/C27H27N5O2/c1-4-22-26(18-30)24(31)34-27(22,20-10-8-7-9-11-20)33-23(25(26,16-28)17-29)19-12-14-21(15-13-19)32(5-2)6-3/h7-15,22-23,31H,4-6H2,1-3H3. The lowest BCUT2D eigenvalue weighted by atomic mass is 9.52. The van der Waals surface area contributed by atoms with Crippen LogP contribution in [-0.2, 0) is 15.3 Å². The summed E-state index contributed by atoms with van der Waals surface area (Å²) in [5.41, 5.74) is -1.51. The van der Waals surface area contributed by atoms with Crippen LogP contribution in [0.5, 0.6) is 0 Å². The van der Waals surface area contributed by atoms with Crippen LogP contribution in [0.4, 0.5) is 5.69 Å². The van der Waals surface area contributed by atoms with Crippen LogP contribution in [0, 0.1) is 56.2 Å². The Hall–Kier alpha value is -3.86. The first-order valence-corrected chi connectivity index (χ1v) is 11.5. The molecular weight excluding hydrogens is 426 g/mol. The minimum absolute atomic E-state index is 0.379. The summed E-state index contributed by atoms with van der Waals surface area (Å²) < 4.78 is 12.7. The molecule has 2 saturated heterocycles. The maximum Gasteiger partial charge on any atom is 0.244 e. The first-order chi connectivity index (χ1) is 16.4. The quantitative estimate of drug-likeness (QED) is 0.655. The summed E-state index contributed by atoms with van der Waals surface area (Å²) in [6, 6.07) is 23.2. The second-order valence-corrected chi connectivity index (χ2v) is 8.64. The Morgan fingerprint density at radius 3 is 2.03 bits per heavy atom. The molecule has 4 atom stereocenters. The van der Waals surface area contributed by atoms with E-state index in [1.165, 1.54) is 0 Å². The van der Waals surface area contributed by atoms with Crippen molar-refractivity contribution in [2.24, 2.45) is 16.7 Å². The van der Waals surface area contributed by atoms with Crippen molar-refractivity contribution < 1.29 is 9.47 Å². The Morgan fingerprint density at radius 1 is 0.912 bits per heavy atom. The number of fused-ring (bicyclic) bond motifs is 2. The molecule has 0 radical (unpaired) electrons. The molecule has 172 valence electrons. The van der Waals surface area contributed by atoms with E-state index in [1.54, 1.807) is 0 Å². The average Bonchev–Trinajstić information content (AvgIpc) is 3.09. The Kier molecular flexibility index (Phi) is 5.82. The molecule has 0 amide bonds. The number of hydrogen-bond donors (Lipinski definition) is 1. The van der Waals surface area contributed by atoms with Gasteiger partial charge in [-0.3, -0.25) is 5.41 Å². The zero-order valence-electron chi connectivity index (χ0n) is 19.6. The summed E-state index contributed by atoms with van der Waals surface area (Å²) in [6.45, 7) is 7.69.